The lowest BCUT2D eigenvalue weighted by Gasteiger charge is -2.35. The van der Waals surface area contributed by atoms with Gasteiger partial charge in [0.2, 0.25) is 0 Å². The average Bonchev–Trinajstić information content (AvgIpc) is 2.96. The van der Waals surface area contributed by atoms with Crippen LogP contribution < -0.4 is 5.32 Å². The van der Waals surface area contributed by atoms with E-state index < -0.39 is 0 Å². The van der Waals surface area contributed by atoms with Crippen molar-refractivity contribution in [3.05, 3.63) is 0 Å². The van der Waals surface area contributed by atoms with Gasteiger partial charge in [-0.05, 0) is 38.3 Å². The minimum absolute atomic E-state index is 0.671. The van der Waals surface area contributed by atoms with E-state index in [0.717, 1.165) is 25.1 Å². The smallest absolute Gasteiger partial charge is 0.0620 e. The largest absolute Gasteiger partial charge is 0.383 e. The summed E-state index contributed by atoms with van der Waals surface area (Å²) in [4.78, 5) is 2.67. The summed E-state index contributed by atoms with van der Waals surface area (Å²) in [5, 5.41) is 3.46. The number of likely N-dealkylation sites (N-methyl/N-ethyl adjacent to an activating group) is 1. The Balaban J connectivity index is 1.94. The molecule has 1 saturated carbocycles. The molecule has 2 aliphatic rings. The fourth-order valence-electron chi connectivity index (χ4n) is 2.84. The number of nitrogens with one attached hydrogen (secondary N) is 1. The molecule has 1 aliphatic carbocycles. The van der Waals surface area contributed by atoms with Gasteiger partial charge in [0.1, 0.15) is 0 Å². The Morgan fingerprint density at radius 2 is 2.20 bits per heavy atom. The molecule has 88 valence electrons. The highest BCUT2D eigenvalue weighted by Crippen LogP contribution is 2.36. The molecular weight excluding hydrogens is 188 g/mol. The van der Waals surface area contributed by atoms with Crippen molar-refractivity contribution < 1.29 is 4.74 Å². The van der Waals surface area contributed by atoms with Gasteiger partial charge < -0.3 is 10.1 Å². The van der Waals surface area contributed by atoms with Gasteiger partial charge in [-0.3, -0.25) is 4.90 Å². The second kappa shape index (κ2) is 5.28. The molecule has 15 heavy (non-hydrogen) atoms. The first-order valence-corrected chi connectivity index (χ1v) is 6.32. The van der Waals surface area contributed by atoms with Gasteiger partial charge in [0, 0.05) is 25.7 Å². The summed E-state index contributed by atoms with van der Waals surface area (Å²) in [6.07, 6.45) is 4.12. The SMILES string of the molecule is CCN(C1CCNC1)C(COC)C1CC1. The monoisotopic (exact) mass is 212 g/mol. The number of hydrogen-bond acceptors (Lipinski definition) is 3. The molecule has 0 aromatic rings. The maximum absolute atomic E-state index is 5.39. The first-order chi connectivity index (χ1) is 7.36. The Hall–Kier alpha value is -0.120. The van der Waals surface area contributed by atoms with Crippen LogP contribution in [0.4, 0.5) is 0 Å². The lowest BCUT2D eigenvalue weighted by Crippen LogP contribution is -2.47. The van der Waals surface area contributed by atoms with E-state index in [2.05, 4.69) is 17.1 Å². The van der Waals surface area contributed by atoms with E-state index in [0.29, 0.717) is 6.04 Å². The molecule has 0 radical (unpaired) electrons. The van der Waals surface area contributed by atoms with Gasteiger partial charge in [-0.15, -0.1) is 0 Å². The van der Waals surface area contributed by atoms with Crippen LogP contribution in [0, 0.1) is 5.92 Å². The predicted octanol–water partition coefficient (Wildman–Crippen LogP) is 1.10. The van der Waals surface area contributed by atoms with Crippen molar-refractivity contribution in [3.8, 4) is 0 Å². The fraction of sp³-hybridized carbons (Fsp3) is 1.00. The van der Waals surface area contributed by atoms with Crippen LogP contribution in [0.5, 0.6) is 0 Å². The van der Waals surface area contributed by atoms with Crippen LogP contribution in [-0.2, 0) is 4.74 Å². The van der Waals surface area contributed by atoms with Gasteiger partial charge in [-0.1, -0.05) is 6.92 Å². The normalized spacial score (nSPS) is 28.6. The quantitative estimate of drug-likeness (QED) is 0.713. The lowest BCUT2D eigenvalue weighted by atomic mass is 10.1. The Bertz CT molecular complexity index is 188. The first-order valence-electron chi connectivity index (χ1n) is 6.32. The van der Waals surface area contributed by atoms with Crippen LogP contribution in [0.25, 0.3) is 0 Å². The molecule has 0 spiro atoms. The molecule has 1 N–H and O–H groups in total. The van der Waals surface area contributed by atoms with E-state index in [-0.39, 0.29) is 0 Å². The third-order valence-electron chi connectivity index (χ3n) is 3.80. The molecule has 0 amide bonds. The molecular formula is C12H24N2O. The highest BCUT2D eigenvalue weighted by atomic mass is 16.5. The minimum atomic E-state index is 0.671. The van der Waals surface area contributed by atoms with Crippen LogP contribution in [0.2, 0.25) is 0 Å². The number of ether oxygens (including phenoxy) is 1. The summed E-state index contributed by atoms with van der Waals surface area (Å²) in [6, 6.07) is 1.42. The highest BCUT2D eigenvalue weighted by molar-refractivity contribution is 4.92. The summed E-state index contributed by atoms with van der Waals surface area (Å²) < 4.78 is 5.39. The fourth-order valence-corrected chi connectivity index (χ4v) is 2.84. The number of hydrogen-bond donors (Lipinski definition) is 1. The second-order valence-electron chi connectivity index (χ2n) is 4.84. The molecule has 2 atom stereocenters. The van der Waals surface area contributed by atoms with Gasteiger partial charge in [-0.25, -0.2) is 0 Å². The average molecular weight is 212 g/mol. The summed E-state index contributed by atoms with van der Waals surface area (Å²) in [6.45, 7) is 6.71. The van der Waals surface area contributed by atoms with Crippen molar-refractivity contribution in [1.29, 1.82) is 0 Å². The van der Waals surface area contributed by atoms with Gasteiger partial charge in [-0.2, -0.15) is 0 Å². The molecule has 2 unspecified atom stereocenters. The predicted molar refractivity (Wildman–Crippen MR) is 62.0 cm³/mol. The zero-order chi connectivity index (χ0) is 10.7. The van der Waals surface area contributed by atoms with E-state index in [1.807, 2.05) is 7.11 Å². The maximum Gasteiger partial charge on any atom is 0.0620 e. The number of nitrogens with zero attached hydrogens (tertiary/aromatic N) is 1. The zero-order valence-electron chi connectivity index (χ0n) is 10.0. The molecule has 2 fully saturated rings. The Morgan fingerprint density at radius 1 is 1.40 bits per heavy atom. The summed E-state index contributed by atoms with van der Waals surface area (Å²) in [5.74, 6) is 0.908. The second-order valence-corrected chi connectivity index (χ2v) is 4.84. The third kappa shape index (κ3) is 2.71. The maximum atomic E-state index is 5.39. The minimum Gasteiger partial charge on any atom is -0.383 e. The molecule has 0 aromatic carbocycles. The Labute approximate surface area is 93.2 Å². The van der Waals surface area contributed by atoms with Gasteiger partial charge in [0.25, 0.3) is 0 Å². The van der Waals surface area contributed by atoms with Crippen molar-refractivity contribution >= 4 is 0 Å². The molecule has 1 saturated heterocycles. The molecule has 1 aliphatic heterocycles. The topological polar surface area (TPSA) is 24.5 Å². The zero-order valence-corrected chi connectivity index (χ0v) is 10.0. The summed E-state index contributed by atoms with van der Waals surface area (Å²) in [7, 11) is 1.83. The van der Waals surface area contributed by atoms with Crippen molar-refractivity contribution in [2.24, 2.45) is 5.92 Å². The standard InChI is InChI=1S/C12H24N2O/c1-3-14(11-6-7-13-8-11)12(9-15-2)10-4-5-10/h10-13H,3-9H2,1-2H3. The van der Waals surface area contributed by atoms with E-state index >= 15 is 0 Å². The first kappa shape index (κ1) is 11.4. The van der Waals surface area contributed by atoms with Crippen molar-refractivity contribution in [2.75, 3.05) is 33.4 Å². The molecule has 3 heteroatoms. The number of methoxy groups -OCH3 is 1. The van der Waals surface area contributed by atoms with Crippen LogP contribution >= 0.6 is 0 Å². The lowest BCUT2D eigenvalue weighted by molar-refractivity contribution is 0.0572. The Morgan fingerprint density at radius 3 is 2.67 bits per heavy atom. The Kier molecular flexibility index (Phi) is 4.00. The third-order valence-corrected chi connectivity index (χ3v) is 3.80. The summed E-state index contributed by atoms with van der Waals surface area (Å²) >= 11 is 0. The van der Waals surface area contributed by atoms with Crippen LogP contribution in [-0.4, -0.2) is 50.3 Å². The van der Waals surface area contributed by atoms with Crippen LogP contribution in [0.15, 0.2) is 0 Å². The van der Waals surface area contributed by atoms with Crippen molar-refractivity contribution in [2.45, 2.75) is 38.3 Å². The number of rotatable bonds is 6. The molecule has 1 heterocycles. The summed E-state index contributed by atoms with van der Waals surface area (Å²) in [5.41, 5.74) is 0. The van der Waals surface area contributed by atoms with E-state index in [9.17, 15) is 0 Å². The van der Waals surface area contributed by atoms with Crippen LogP contribution in [0.1, 0.15) is 26.2 Å². The van der Waals surface area contributed by atoms with Gasteiger partial charge >= 0.3 is 0 Å². The van der Waals surface area contributed by atoms with Gasteiger partial charge in [0.15, 0.2) is 0 Å². The van der Waals surface area contributed by atoms with Crippen molar-refractivity contribution in [3.63, 3.8) is 0 Å². The van der Waals surface area contributed by atoms with E-state index in [4.69, 9.17) is 4.74 Å². The molecule has 2 rings (SSSR count). The highest BCUT2D eigenvalue weighted by Gasteiger charge is 2.37. The molecule has 0 bridgehead atoms. The van der Waals surface area contributed by atoms with E-state index in [1.54, 1.807) is 0 Å². The molecule has 3 nitrogen and oxygen atoms in total. The van der Waals surface area contributed by atoms with Crippen molar-refractivity contribution in [1.82, 2.24) is 10.2 Å². The van der Waals surface area contributed by atoms with Gasteiger partial charge in [0.05, 0.1) is 6.61 Å². The van der Waals surface area contributed by atoms with E-state index in [1.165, 1.54) is 32.4 Å². The van der Waals surface area contributed by atoms with Crippen LogP contribution in [0.3, 0.4) is 0 Å². The molecule has 0 aromatic heterocycles.